The first kappa shape index (κ1) is 18.3. The first-order valence-electron chi connectivity index (χ1n) is 8.80. The van der Waals surface area contributed by atoms with Gasteiger partial charge in [-0.1, -0.05) is 6.07 Å². The summed E-state index contributed by atoms with van der Waals surface area (Å²) >= 11 is 1.64. The molecule has 4 unspecified atom stereocenters. The van der Waals surface area contributed by atoms with Crippen molar-refractivity contribution < 1.29 is 19.0 Å². The minimum atomic E-state index is -0.246. The van der Waals surface area contributed by atoms with Gasteiger partial charge in [-0.25, -0.2) is 9.97 Å². The van der Waals surface area contributed by atoms with Crippen LogP contribution in [0.3, 0.4) is 0 Å². The Hall–Kier alpha value is -2.07. The zero-order valence-electron chi connectivity index (χ0n) is 15.2. The zero-order chi connectivity index (χ0) is 18.8. The number of hydrogen-bond donors (Lipinski definition) is 1. The second kappa shape index (κ2) is 7.89. The van der Waals surface area contributed by atoms with E-state index in [1.807, 2.05) is 23.6 Å². The molecule has 2 aromatic rings. The van der Waals surface area contributed by atoms with Gasteiger partial charge in [-0.3, -0.25) is 4.79 Å². The highest BCUT2D eigenvalue weighted by Gasteiger charge is 2.48. The third-order valence-electron chi connectivity index (χ3n) is 4.67. The van der Waals surface area contributed by atoms with E-state index in [1.165, 1.54) is 4.90 Å². The summed E-state index contributed by atoms with van der Waals surface area (Å²) in [5.41, 5.74) is 0.883. The molecule has 0 aromatic carbocycles. The fourth-order valence-electron chi connectivity index (χ4n) is 3.19. The van der Waals surface area contributed by atoms with Crippen molar-refractivity contribution in [2.24, 2.45) is 0 Å². The number of carbonyl (C=O) groups excluding carboxylic acids is 1. The lowest BCUT2D eigenvalue weighted by atomic mass is 10.1. The first-order chi connectivity index (χ1) is 13.1. The van der Waals surface area contributed by atoms with E-state index in [-0.39, 0.29) is 36.9 Å². The molecule has 0 radical (unpaired) electrons. The number of hydrogen-bond acceptors (Lipinski definition) is 8. The molecule has 9 heteroatoms. The van der Waals surface area contributed by atoms with Crippen molar-refractivity contribution >= 4 is 23.2 Å². The lowest BCUT2D eigenvalue weighted by Gasteiger charge is -2.18. The van der Waals surface area contributed by atoms with E-state index in [0.717, 1.165) is 10.6 Å². The molecule has 0 spiro atoms. The molecule has 4 rings (SSSR count). The van der Waals surface area contributed by atoms with Gasteiger partial charge < -0.3 is 24.4 Å². The van der Waals surface area contributed by atoms with E-state index in [0.29, 0.717) is 19.2 Å². The molecular formula is C18H22N4O4S. The Morgan fingerprint density at radius 3 is 2.96 bits per heavy atom. The number of nitrogens with zero attached hydrogens (tertiary/aromatic N) is 3. The molecule has 1 amide bonds. The van der Waals surface area contributed by atoms with Crippen molar-refractivity contribution in [1.82, 2.24) is 14.9 Å². The third kappa shape index (κ3) is 3.96. The van der Waals surface area contributed by atoms with Crippen LogP contribution in [-0.2, 0) is 19.0 Å². The summed E-state index contributed by atoms with van der Waals surface area (Å²) in [6.07, 6.45) is 1.15. The molecule has 4 heterocycles. The van der Waals surface area contributed by atoms with E-state index < -0.39 is 0 Å². The van der Waals surface area contributed by atoms with Gasteiger partial charge in [0.15, 0.2) is 0 Å². The van der Waals surface area contributed by atoms with Gasteiger partial charge in [0.05, 0.1) is 29.8 Å². The molecule has 4 atom stereocenters. The second-order valence-electron chi connectivity index (χ2n) is 6.73. The van der Waals surface area contributed by atoms with Crippen molar-refractivity contribution in [3.8, 4) is 10.6 Å². The monoisotopic (exact) mass is 390 g/mol. The van der Waals surface area contributed by atoms with Crippen molar-refractivity contribution in [3.63, 3.8) is 0 Å². The van der Waals surface area contributed by atoms with Crippen molar-refractivity contribution in [1.29, 1.82) is 0 Å². The Bertz CT molecular complexity index is 785. The van der Waals surface area contributed by atoms with Gasteiger partial charge in [0.25, 0.3) is 0 Å². The van der Waals surface area contributed by atoms with Gasteiger partial charge in [0.1, 0.15) is 24.9 Å². The number of aromatic nitrogens is 2. The summed E-state index contributed by atoms with van der Waals surface area (Å²) < 4.78 is 17.5. The topological polar surface area (TPSA) is 85.8 Å². The lowest BCUT2D eigenvalue weighted by molar-refractivity contribution is -0.137. The summed E-state index contributed by atoms with van der Waals surface area (Å²) in [5.74, 6) is 0.468. The van der Waals surface area contributed by atoms with Crippen LogP contribution in [-0.4, -0.2) is 79.0 Å². The van der Waals surface area contributed by atoms with E-state index in [4.69, 9.17) is 14.2 Å². The van der Waals surface area contributed by atoms with E-state index in [2.05, 4.69) is 15.3 Å². The number of fused-ring (bicyclic) bond motifs is 1. The number of ether oxygens (including phenoxy) is 3. The summed E-state index contributed by atoms with van der Waals surface area (Å²) in [5, 5.41) is 5.34. The van der Waals surface area contributed by atoms with Crippen molar-refractivity contribution in [3.05, 3.63) is 29.8 Å². The first-order valence-corrected chi connectivity index (χ1v) is 9.68. The molecular weight excluding hydrogens is 368 g/mol. The summed E-state index contributed by atoms with van der Waals surface area (Å²) in [6.45, 7) is 0.908. The Balaban J connectivity index is 1.37. The summed E-state index contributed by atoms with van der Waals surface area (Å²) in [4.78, 5) is 23.2. The van der Waals surface area contributed by atoms with Crippen LogP contribution in [0.25, 0.3) is 10.6 Å². The predicted molar refractivity (Wildman–Crippen MR) is 101 cm³/mol. The van der Waals surface area contributed by atoms with Gasteiger partial charge in [0.2, 0.25) is 11.9 Å². The van der Waals surface area contributed by atoms with Gasteiger partial charge in [-0.05, 0) is 17.5 Å². The SMILES string of the molecule is CN(C)C(=O)COC1COC2C(Nc3nccc(-c4cccs4)n3)COC12. The fraction of sp³-hybridized carbons (Fsp3) is 0.500. The number of carbonyl (C=O) groups is 1. The van der Waals surface area contributed by atoms with Crippen LogP contribution < -0.4 is 5.32 Å². The molecule has 1 N–H and O–H groups in total. The Kier molecular flexibility index (Phi) is 5.35. The third-order valence-corrected chi connectivity index (χ3v) is 5.56. The zero-order valence-corrected chi connectivity index (χ0v) is 16.0. The lowest BCUT2D eigenvalue weighted by Crippen LogP contribution is -2.38. The average molecular weight is 390 g/mol. The standard InChI is InChI=1S/C18H22N4O4S/c1-22(2)15(23)10-24-13-9-26-16-12(8-25-17(13)16)21-18-19-6-5-11(20-18)14-4-3-7-27-14/h3-7,12-13,16-17H,8-10H2,1-2H3,(H,19,20,21). The maximum Gasteiger partial charge on any atom is 0.248 e. The number of likely N-dealkylation sites (N-methyl/N-ethyl adjacent to an activating group) is 1. The quantitative estimate of drug-likeness (QED) is 0.795. The number of thiophene rings is 1. The van der Waals surface area contributed by atoms with Crippen LogP contribution in [0.1, 0.15) is 0 Å². The number of amides is 1. The molecule has 0 saturated carbocycles. The van der Waals surface area contributed by atoms with Gasteiger partial charge in [-0.2, -0.15) is 0 Å². The molecule has 144 valence electrons. The van der Waals surface area contributed by atoms with E-state index in [1.54, 1.807) is 31.6 Å². The van der Waals surface area contributed by atoms with Crippen LogP contribution in [0, 0.1) is 0 Å². The van der Waals surface area contributed by atoms with Crippen LogP contribution in [0.15, 0.2) is 29.8 Å². The van der Waals surface area contributed by atoms with Gasteiger partial charge in [0, 0.05) is 20.3 Å². The van der Waals surface area contributed by atoms with Gasteiger partial charge in [-0.15, -0.1) is 11.3 Å². The fourth-order valence-corrected chi connectivity index (χ4v) is 3.89. The predicted octanol–water partition coefficient (Wildman–Crippen LogP) is 1.26. The second-order valence-corrected chi connectivity index (χ2v) is 7.67. The van der Waals surface area contributed by atoms with E-state index >= 15 is 0 Å². The van der Waals surface area contributed by atoms with Crippen LogP contribution >= 0.6 is 11.3 Å². The summed E-state index contributed by atoms with van der Waals surface area (Å²) in [7, 11) is 3.41. The smallest absolute Gasteiger partial charge is 0.248 e. The number of nitrogens with one attached hydrogen (secondary N) is 1. The molecule has 2 fully saturated rings. The Labute approximate surface area is 161 Å². The number of rotatable bonds is 6. The maximum atomic E-state index is 11.7. The minimum absolute atomic E-state index is 0.0255. The van der Waals surface area contributed by atoms with Crippen LogP contribution in [0.4, 0.5) is 5.95 Å². The molecule has 2 aromatic heterocycles. The molecule has 0 aliphatic carbocycles. The van der Waals surface area contributed by atoms with E-state index in [9.17, 15) is 4.79 Å². The van der Waals surface area contributed by atoms with Crippen molar-refractivity contribution in [2.75, 3.05) is 39.2 Å². The molecule has 2 aliphatic rings. The molecule has 2 aliphatic heterocycles. The average Bonchev–Trinajstić information content (AvgIpc) is 3.39. The molecule has 0 bridgehead atoms. The Morgan fingerprint density at radius 1 is 1.33 bits per heavy atom. The van der Waals surface area contributed by atoms with Crippen LogP contribution in [0.2, 0.25) is 0 Å². The van der Waals surface area contributed by atoms with Crippen LogP contribution in [0.5, 0.6) is 0 Å². The normalized spacial score (nSPS) is 26.7. The minimum Gasteiger partial charge on any atom is -0.370 e. The van der Waals surface area contributed by atoms with Crippen molar-refractivity contribution in [2.45, 2.75) is 24.4 Å². The number of anilines is 1. The highest BCUT2D eigenvalue weighted by molar-refractivity contribution is 7.13. The highest BCUT2D eigenvalue weighted by atomic mass is 32.1. The highest BCUT2D eigenvalue weighted by Crippen LogP contribution is 2.30. The summed E-state index contributed by atoms with van der Waals surface area (Å²) in [6, 6.07) is 5.86. The Morgan fingerprint density at radius 2 is 2.19 bits per heavy atom. The maximum absolute atomic E-state index is 11.7. The molecule has 8 nitrogen and oxygen atoms in total. The largest absolute Gasteiger partial charge is 0.370 e. The van der Waals surface area contributed by atoms with Gasteiger partial charge >= 0.3 is 0 Å². The molecule has 2 saturated heterocycles. The molecule has 27 heavy (non-hydrogen) atoms.